The molecule has 3 rings (SSSR count). The van der Waals surface area contributed by atoms with Gasteiger partial charge >= 0.3 is 0 Å². The molecular formula is C18H24N4O. The van der Waals surface area contributed by atoms with Crippen LogP contribution >= 0.6 is 0 Å². The first-order valence-electron chi connectivity index (χ1n) is 8.16. The topological polar surface area (TPSA) is 41.5 Å². The Labute approximate surface area is 137 Å². The van der Waals surface area contributed by atoms with Crippen LogP contribution in [0.4, 0.5) is 5.82 Å². The van der Waals surface area contributed by atoms with Gasteiger partial charge in [0.1, 0.15) is 12.1 Å². The molecule has 122 valence electrons. The van der Waals surface area contributed by atoms with E-state index in [1.807, 2.05) is 0 Å². The largest absolute Gasteiger partial charge is 0.384 e. The minimum Gasteiger partial charge on any atom is -0.384 e. The maximum absolute atomic E-state index is 5.12. The van der Waals surface area contributed by atoms with Crippen LogP contribution in [0.2, 0.25) is 0 Å². The van der Waals surface area contributed by atoms with E-state index < -0.39 is 0 Å². The summed E-state index contributed by atoms with van der Waals surface area (Å²) in [7, 11) is 1.72. The Kier molecular flexibility index (Phi) is 5.56. The zero-order valence-corrected chi connectivity index (χ0v) is 13.7. The monoisotopic (exact) mass is 312 g/mol. The van der Waals surface area contributed by atoms with Crippen molar-refractivity contribution >= 4 is 5.82 Å². The standard InChI is InChI=1S/C18H24N4O/c1-23-12-7-17-13-18(20-15-19-17)22-10-8-21(9-11-22)14-16-5-3-2-4-6-16/h2-6,13,15H,7-12,14H2,1H3. The van der Waals surface area contributed by atoms with Crippen molar-refractivity contribution in [3.8, 4) is 0 Å². The molecule has 1 aliphatic heterocycles. The molecule has 1 fully saturated rings. The van der Waals surface area contributed by atoms with Gasteiger partial charge in [0.2, 0.25) is 0 Å². The average Bonchev–Trinajstić information content (AvgIpc) is 2.62. The fourth-order valence-corrected chi connectivity index (χ4v) is 2.88. The molecule has 1 saturated heterocycles. The van der Waals surface area contributed by atoms with Gasteiger partial charge in [0.25, 0.3) is 0 Å². The first-order valence-corrected chi connectivity index (χ1v) is 8.16. The quantitative estimate of drug-likeness (QED) is 0.816. The van der Waals surface area contributed by atoms with Gasteiger partial charge in [-0.3, -0.25) is 4.90 Å². The van der Waals surface area contributed by atoms with E-state index in [0.29, 0.717) is 6.61 Å². The molecule has 1 aliphatic rings. The Bertz CT molecular complexity index is 597. The second kappa shape index (κ2) is 8.04. The molecule has 0 aliphatic carbocycles. The first-order chi connectivity index (χ1) is 11.3. The minimum absolute atomic E-state index is 0.696. The van der Waals surface area contributed by atoms with Gasteiger partial charge in [-0.2, -0.15) is 0 Å². The number of aromatic nitrogens is 2. The average molecular weight is 312 g/mol. The summed E-state index contributed by atoms with van der Waals surface area (Å²) in [5.74, 6) is 1.03. The van der Waals surface area contributed by atoms with Crippen LogP contribution in [-0.4, -0.2) is 54.8 Å². The molecule has 5 heteroatoms. The SMILES string of the molecule is COCCc1cc(N2CCN(Cc3ccccc3)CC2)ncn1. The maximum atomic E-state index is 5.12. The number of piperazine rings is 1. The van der Waals surface area contributed by atoms with Crippen molar-refractivity contribution in [1.82, 2.24) is 14.9 Å². The Balaban J connectivity index is 1.54. The van der Waals surface area contributed by atoms with E-state index in [4.69, 9.17) is 4.74 Å². The van der Waals surface area contributed by atoms with Crippen LogP contribution < -0.4 is 4.90 Å². The third-order valence-corrected chi connectivity index (χ3v) is 4.22. The second-order valence-corrected chi connectivity index (χ2v) is 5.86. The lowest BCUT2D eigenvalue weighted by Gasteiger charge is -2.35. The number of ether oxygens (including phenoxy) is 1. The van der Waals surface area contributed by atoms with Crippen LogP contribution in [0.1, 0.15) is 11.3 Å². The van der Waals surface area contributed by atoms with Crippen LogP contribution in [0.25, 0.3) is 0 Å². The highest BCUT2D eigenvalue weighted by Gasteiger charge is 2.18. The molecule has 0 saturated carbocycles. The molecule has 2 aromatic rings. The van der Waals surface area contributed by atoms with E-state index in [0.717, 1.165) is 50.7 Å². The van der Waals surface area contributed by atoms with Gasteiger partial charge in [0.15, 0.2) is 0 Å². The fourth-order valence-electron chi connectivity index (χ4n) is 2.88. The molecule has 2 heterocycles. The lowest BCUT2D eigenvalue weighted by atomic mass is 10.2. The Morgan fingerprint density at radius 2 is 1.83 bits per heavy atom. The molecule has 1 aromatic carbocycles. The molecule has 0 radical (unpaired) electrons. The Morgan fingerprint density at radius 1 is 1.04 bits per heavy atom. The Hall–Kier alpha value is -1.98. The number of nitrogens with zero attached hydrogens (tertiary/aromatic N) is 4. The molecule has 5 nitrogen and oxygen atoms in total. The summed E-state index contributed by atoms with van der Waals surface area (Å²) in [5, 5.41) is 0. The van der Waals surface area contributed by atoms with E-state index in [9.17, 15) is 0 Å². The molecule has 0 amide bonds. The summed E-state index contributed by atoms with van der Waals surface area (Å²) >= 11 is 0. The number of anilines is 1. The lowest BCUT2D eigenvalue weighted by Crippen LogP contribution is -2.46. The number of methoxy groups -OCH3 is 1. The van der Waals surface area contributed by atoms with Gasteiger partial charge in [-0.05, 0) is 5.56 Å². The van der Waals surface area contributed by atoms with Crippen molar-refractivity contribution in [3.63, 3.8) is 0 Å². The smallest absolute Gasteiger partial charge is 0.132 e. The third-order valence-electron chi connectivity index (χ3n) is 4.22. The van der Waals surface area contributed by atoms with E-state index >= 15 is 0 Å². The Morgan fingerprint density at radius 3 is 2.57 bits per heavy atom. The normalized spacial score (nSPS) is 15.8. The molecule has 0 unspecified atom stereocenters. The molecule has 0 N–H and O–H groups in total. The van der Waals surface area contributed by atoms with Gasteiger partial charge in [0.05, 0.1) is 6.61 Å². The van der Waals surface area contributed by atoms with E-state index in [2.05, 4.69) is 56.2 Å². The molecule has 1 aromatic heterocycles. The molecular weight excluding hydrogens is 288 g/mol. The first kappa shape index (κ1) is 15.9. The predicted octanol–water partition coefficient (Wildman–Crippen LogP) is 1.99. The van der Waals surface area contributed by atoms with Crippen molar-refractivity contribution in [3.05, 3.63) is 54.0 Å². The van der Waals surface area contributed by atoms with Gasteiger partial charge in [-0.1, -0.05) is 30.3 Å². The van der Waals surface area contributed by atoms with Crippen LogP contribution in [0.15, 0.2) is 42.7 Å². The molecule has 23 heavy (non-hydrogen) atoms. The molecule has 0 atom stereocenters. The summed E-state index contributed by atoms with van der Waals surface area (Å²) < 4.78 is 5.12. The van der Waals surface area contributed by atoms with Crippen LogP contribution in [0, 0.1) is 0 Å². The lowest BCUT2D eigenvalue weighted by molar-refractivity contribution is 0.201. The number of hydrogen-bond acceptors (Lipinski definition) is 5. The fraction of sp³-hybridized carbons (Fsp3) is 0.444. The summed E-state index contributed by atoms with van der Waals surface area (Å²) in [6.45, 7) is 5.86. The molecule has 0 spiro atoms. The maximum Gasteiger partial charge on any atom is 0.132 e. The third kappa shape index (κ3) is 4.50. The van der Waals surface area contributed by atoms with Crippen LogP contribution in [0.5, 0.6) is 0 Å². The van der Waals surface area contributed by atoms with Crippen molar-refractivity contribution in [2.24, 2.45) is 0 Å². The number of hydrogen-bond donors (Lipinski definition) is 0. The highest BCUT2D eigenvalue weighted by Crippen LogP contribution is 2.15. The van der Waals surface area contributed by atoms with Crippen molar-refractivity contribution < 1.29 is 4.74 Å². The van der Waals surface area contributed by atoms with E-state index in [1.54, 1.807) is 13.4 Å². The van der Waals surface area contributed by atoms with Gasteiger partial charge in [-0.25, -0.2) is 9.97 Å². The summed E-state index contributed by atoms with van der Waals surface area (Å²) in [5.41, 5.74) is 2.42. The van der Waals surface area contributed by atoms with Crippen LogP contribution in [0.3, 0.4) is 0 Å². The zero-order chi connectivity index (χ0) is 15.9. The van der Waals surface area contributed by atoms with E-state index in [1.165, 1.54) is 5.56 Å². The zero-order valence-electron chi connectivity index (χ0n) is 13.7. The minimum atomic E-state index is 0.696. The van der Waals surface area contributed by atoms with Crippen molar-refractivity contribution in [1.29, 1.82) is 0 Å². The molecule has 0 bridgehead atoms. The van der Waals surface area contributed by atoms with Gasteiger partial charge in [-0.15, -0.1) is 0 Å². The van der Waals surface area contributed by atoms with Crippen molar-refractivity contribution in [2.45, 2.75) is 13.0 Å². The number of benzene rings is 1. The number of rotatable bonds is 6. The second-order valence-electron chi connectivity index (χ2n) is 5.86. The predicted molar refractivity (Wildman–Crippen MR) is 91.5 cm³/mol. The highest BCUT2D eigenvalue weighted by atomic mass is 16.5. The summed E-state index contributed by atoms with van der Waals surface area (Å²) in [6.07, 6.45) is 2.50. The van der Waals surface area contributed by atoms with Gasteiger partial charge < -0.3 is 9.64 Å². The van der Waals surface area contributed by atoms with E-state index in [-0.39, 0.29) is 0 Å². The summed E-state index contributed by atoms with van der Waals surface area (Å²) in [6, 6.07) is 12.8. The highest BCUT2D eigenvalue weighted by molar-refractivity contribution is 5.39. The summed E-state index contributed by atoms with van der Waals surface area (Å²) in [4.78, 5) is 13.6. The van der Waals surface area contributed by atoms with Crippen LogP contribution in [-0.2, 0) is 17.7 Å². The van der Waals surface area contributed by atoms with Crippen molar-refractivity contribution in [2.75, 3.05) is 44.8 Å². The van der Waals surface area contributed by atoms with Gasteiger partial charge in [0, 0.05) is 58.0 Å².